The molecule has 0 aliphatic carbocycles. The zero-order valence-electron chi connectivity index (χ0n) is 13.4. The van der Waals surface area contributed by atoms with Gasteiger partial charge in [-0.1, -0.05) is 6.07 Å². The van der Waals surface area contributed by atoms with Crippen molar-refractivity contribution in [2.75, 3.05) is 31.2 Å². The van der Waals surface area contributed by atoms with Crippen LogP contribution in [0.5, 0.6) is 0 Å². The van der Waals surface area contributed by atoms with Crippen molar-refractivity contribution in [2.24, 2.45) is 0 Å². The highest BCUT2D eigenvalue weighted by Gasteiger charge is 2.15. The number of nitrogens with zero attached hydrogens (tertiary/aromatic N) is 1. The first-order valence-electron chi connectivity index (χ1n) is 7.24. The summed E-state index contributed by atoms with van der Waals surface area (Å²) in [5.74, 6) is -0.0136. The minimum atomic E-state index is -0.713. The lowest BCUT2D eigenvalue weighted by Crippen LogP contribution is -2.36. The van der Waals surface area contributed by atoms with Crippen LogP contribution in [0, 0.1) is 6.92 Å². The van der Waals surface area contributed by atoms with E-state index in [0.29, 0.717) is 18.7 Å². The van der Waals surface area contributed by atoms with E-state index in [2.05, 4.69) is 5.32 Å². The summed E-state index contributed by atoms with van der Waals surface area (Å²) in [6, 6.07) is 5.48. The molecule has 0 atom stereocenters. The lowest BCUT2D eigenvalue weighted by molar-refractivity contribution is -0.116. The van der Waals surface area contributed by atoms with Crippen LogP contribution in [0.4, 0.5) is 11.4 Å². The van der Waals surface area contributed by atoms with E-state index in [9.17, 15) is 9.90 Å². The number of hydrogen-bond donors (Lipinski definition) is 3. The smallest absolute Gasteiger partial charge is 0.224 e. The van der Waals surface area contributed by atoms with Crippen LogP contribution in [0.1, 0.15) is 32.3 Å². The third-order valence-electron chi connectivity index (χ3n) is 3.14. The van der Waals surface area contributed by atoms with Gasteiger partial charge in [-0.05, 0) is 58.5 Å². The molecular weight excluding hydrogens is 266 g/mol. The van der Waals surface area contributed by atoms with Gasteiger partial charge < -0.3 is 21.1 Å². The Labute approximate surface area is 127 Å². The maximum absolute atomic E-state index is 11.9. The summed E-state index contributed by atoms with van der Waals surface area (Å²) in [5, 5.41) is 12.6. The molecule has 1 amide bonds. The van der Waals surface area contributed by atoms with Crippen LogP contribution in [0.3, 0.4) is 0 Å². The van der Waals surface area contributed by atoms with Crippen molar-refractivity contribution in [3.63, 3.8) is 0 Å². The number of hydrogen-bond acceptors (Lipinski definition) is 4. The van der Waals surface area contributed by atoms with Crippen LogP contribution in [0.15, 0.2) is 18.2 Å². The Morgan fingerprint density at radius 2 is 2.10 bits per heavy atom. The highest BCUT2D eigenvalue weighted by molar-refractivity contribution is 5.91. The Kier molecular flexibility index (Phi) is 6.18. The molecular formula is C16H27N3O2. The van der Waals surface area contributed by atoms with Crippen molar-refractivity contribution >= 4 is 17.3 Å². The predicted octanol–water partition coefficient (Wildman–Crippen LogP) is 2.00. The molecule has 0 heterocycles. The van der Waals surface area contributed by atoms with Gasteiger partial charge in [0, 0.05) is 24.3 Å². The molecule has 118 valence electrons. The summed E-state index contributed by atoms with van der Waals surface area (Å²) in [5.41, 5.74) is 7.41. The number of anilines is 2. The standard InChI is InChI=1S/C16H27N3O2/c1-12-7-8-13(17)10-14(12)18-15(20)6-5-9-19(4)11-16(2,3)21/h7-8,10,21H,5-6,9,11,17H2,1-4H3,(H,18,20). The molecule has 1 rings (SSSR count). The molecule has 0 saturated carbocycles. The normalized spacial score (nSPS) is 11.7. The quantitative estimate of drug-likeness (QED) is 0.672. The first-order chi connectivity index (χ1) is 9.67. The fourth-order valence-electron chi connectivity index (χ4n) is 2.24. The largest absolute Gasteiger partial charge is 0.399 e. The van der Waals surface area contributed by atoms with Gasteiger partial charge in [0.1, 0.15) is 0 Å². The summed E-state index contributed by atoms with van der Waals surface area (Å²) in [7, 11) is 1.94. The molecule has 0 unspecified atom stereocenters. The van der Waals surface area contributed by atoms with Gasteiger partial charge in [0.15, 0.2) is 0 Å². The van der Waals surface area contributed by atoms with Crippen LogP contribution in [-0.2, 0) is 4.79 Å². The summed E-state index contributed by atoms with van der Waals surface area (Å²) in [6.07, 6.45) is 1.20. The third-order valence-corrected chi connectivity index (χ3v) is 3.14. The Balaban J connectivity index is 2.36. The first kappa shape index (κ1) is 17.5. The number of aryl methyl sites for hydroxylation is 1. The van der Waals surface area contributed by atoms with Gasteiger partial charge in [-0.25, -0.2) is 0 Å². The van der Waals surface area contributed by atoms with Crippen molar-refractivity contribution in [1.29, 1.82) is 0 Å². The van der Waals surface area contributed by atoms with Crippen molar-refractivity contribution < 1.29 is 9.90 Å². The fourth-order valence-corrected chi connectivity index (χ4v) is 2.24. The van der Waals surface area contributed by atoms with E-state index in [0.717, 1.165) is 24.2 Å². The van der Waals surface area contributed by atoms with Gasteiger partial charge in [-0.15, -0.1) is 0 Å². The zero-order valence-corrected chi connectivity index (χ0v) is 13.4. The monoisotopic (exact) mass is 293 g/mol. The molecule has 0 fully saturated rings. The Morgan fingerprint density at radius 1 is 1.43 bits per heavy atom. The molecule has 1 aromatic carbocycles. The molecule has 0 saturated heterocycles. The molecule has 0 radical (unpaired) electrons. The molecule has 0 aliphatic rings. The summed E-state index contributed by atoms with van der Waals surface area (Å²) in [6.45, 7) is 6.85. The second-order valence-electron chi connectivity index (χ2n) is 6.28. The molecule has 1 aromatic rings. The van der Waals surface area contributed by atoms with Crippen LogP contribution < -0.4 is 11.1 Å². The number of nitrogens with two attached hydrogens (primary N) is 1. The average molecular weight is 293 g/mol. The van der Waals surface area contributed by atoms with E-state index in [1.807, 2.05) is 31.0 Å². The molecule has 0 spiro atoms. The minimum absolute atomic E-state index is 0.0136. The molecule has 4 N–H and O–H groups in total. The maximum Gasteiger partial charge on any atom is 0.224 e. The van der Waals surface area contributed by atoms with E-state index >= 15 is 0 Å². The van der Waals surface area contributed by atoms with Crippen LogP contribution in [-0.4, -0.2) is 41.7 Å². The Morgan fingerprint density at radius 3 is 2.71 bits per heavy atom. The van der Waals surface area contributed by atoms with E-state index in [-0.39, 0.29) is 5.91 Å². The van der Waals surface area contributed by atoms with Crippen LogP contribution >= 0.6 is 0 Å². The van der Waals surface area contributed by atoms with Crippen molar-refractivity contribution in [3.05, 3.63) is 23.8 Å². The number of amides is 1. The number of benzene rings is 1. The average Bonchev–Trinajstić information content (AvgIpc) is 2.31. The van der Waals surface area contributed by atoms with Gasteiger partial charge in [0.05, 0.1) is 5.60 Å². The third kappa shape index (κ3) is 7.11. The number of carbonyl (C=O) groups is 1. The summed E-state index contributed by atoms with van der Waals surface area (Å²) >= 11 is 0. The SMILES string of the molecule is Cc1ccc(N)cc1NC(=O)CCCN(C)CC(C)(C)O. The highest BCUT2D eigenvalue weighted by Crippen LogP contribution is 2.18. The van der Waals surface area contributed by atoms with Crippen LogP contribution in [0.2, 0.25) is 0 Å². The molecule has 0 aliphatic heterocycles. The molecule has 5 heteroatoms. The van der Waals surface area contributed by atoms with E-state index in [1.54, 1.807) is 19.9 Å². The number of rotatable bonds is 7. The fraction of sp³-hybridized carbons (Fsp3) is 0.562. The molecule has 21 heavy (non-hydrogen) atoms. The van der Waals surface area contributed by atoms with E-state index in [4.69, 9.17) is 5.73 Å². The number of carbonyl (C=O) groups excluding carboxylic acids is 1. The van der Waals surface area contributed by atoms with Gasteiger partial charge in [-0.3, -0.25) is 4.79 Å². The van der Waals surface area contributed by atoms with Gasteiger partial charge in [0.25, 0.3) is 0 Å². The van der Waals surface area contributed by atoms with Crippen LogP contribution in [0.25, 0.3) is 0 Å². The molecule has 0 bridgehead atoms. The lowest BCUT2D eigenvalue weighted by atomic mass is 10.1. The predicted molar refractivity (Wildman–Crippen MR) is 87.2 cm³/mol. The van der Waals surface area contributed by atoms with Gasteiger partial charge in [0.2, 0.25) is 5.91 Å². The summed E-state index contributed by atoms with van der Waals surface area (Å²) in [4.78, 5) is 13.9. The number of nitrogen functional groups attached to an aromatic ring is 1. The van der Waals surface area contributed by atoms with Crippen molar-refractivity contribution in [2.45, 2.75) is 39.2 Å². The molecule has 0 aromatic heterocycles. The topological polar surface area (TPSA) is 78.6 Å². The van der Waals surface area contributed by atoms with Crippen molar-refractivity contribution in [1.82, 2.24) is 4.90 Å². The molecule has 5 nitrogen and oxygen atoms in total. The van der Waals surface area contributed by atoms with E-state index in [1.165, 1.54) is 0 Å². The van der Waals surface area contributed by atoms with E-state index < -0.39 is 5.60 Å². The number of aliphatic hydroxyl groups is 1. The minimum Gasteiger partial charge on any atom is -0.399 e. The Bertz CT molecular complexity index is 481. The Hall–Kier alpha value is -1.59. The second-order valence-corrected chi connectivity index (χ2v) is 6.28. The first-order valence-corrected chi connectivity index (χ1v) is 7.24. The highest BCUT2D eigenvalue weighted by atomic mass is 16.3. The lowest BCUT2D eigenvalue weighted by Gasteiger charge is -2.25. The van der Waals surface area contributed by atoms with Gasteiger partial charge >= 0.3 is 0 Å². The number of nitrogens with one attached hydrogen (secondary N) is 1. The second kappa shape index (κ2) is 7.43. The number of likely N-dealkylation sites (N-methyl/N-ethyl adjacent to an activating group) is 1. The van der Waals surface area contributed by atoms with Crippen molar-refractivity contribution in [3.8, 4) is 0 Å². The maximum atomic E-state index is 11.9. The summed E-state index contributed by atoms with van der Waals surface area (Å²) < 4.78 is 0. The van der Waals surface area contributed by atoms with Gasteiger partial charge in [-0.2, -0.15) is 0 Å². The zero-order chi connectivity index (χ0) is 16.0.